The summed E-state index contributed by atoms with van der Waals surface area (Å²) in [4.78, 5) is 0. The van der Waals surface area contributed by atoms with Gasteiger partial charge in [-0.15, -0.1) is 0 Å². The molecule has 17 heavy (non-hydrogen) atoms. The van der Waals surface area contributed by atoms with Crippen LogP contribution in [0.25, 0.3) is 0 Å². The lowest BCUT2D eigenvalue weighted by atomic mass is 9.87. The molecule has 0 saturated carbocycles. The molecule has 96 valence electrons. The lowest BCUT2D eigenvalue weighted by Crippen LogP contribution is -2.24. The van der Waals surface area contributed by atoms with Gasteiger partial charge in [0, 0.05) is 0 Å². The van der Waals surface area contributed by atoms with E-state index >= 15 is 0 Å². The number of aromatic hydroxyl groups is 1. The van der Waals surface area contributed by atoms with Gasteiger partial charge in [-0.1, -0.05) is 13.0 Å². The van der Waals surface area contributed by atoms with Gasteiger partial charge in [0.15, 0.2) is 0 Å². The summed E-state index contributed by atoms with van der Waals surface area (Å²) in [5, 5.41) is 28.4. The minimum Gasteiger partial charge on any atom is -0.508 e. The molecule has 0 aliphatic carbocycles. The SMILES string of the molecule is CCC(CC(O)C(C)O)c1ccc(O)cc1C. The van der Waals surface area contributed by atoms with Crippen LogP contribution >= 0.6 is 0 Å². The van der Waals surface area contributed by atoms with Crippen LogP contribution in [0.5, 0.6) is 5.75 Å². The zero-order valence-electron chi connectivity index (χ0n) is 10.7. The van der Waals surface area contributed by atoms with Crippen molar-refractivity contribution in [2.75, 3.05) is 0 Å². The van der Waals surface area contributed by atoms with E-state index in [-0.39, 0.29) is 11.7 Å². The maximum atomic E-state index is 9.74. The fourth-order valence-corrected chi connectivity index (χ4v) is 2.12. The van der Waals surface area contributed by atoms with Crippen molar-refractivity contribution in [3.8, 4) is 5.75 Å². The van der Waals surface area contributed by atoms with Gasteiger partial charge < -0.3 is 15.3 Å². The molecule has 0 amide bonds. The maximum absolute atomic E-state index is 9.74. The number of rotatable bonds is 5. The second kappa shape index (κ2) is 6.03. The Morgan fingerprint density at radius 2 is 1.88 bits per heavy atom. The monoisotopic (exact) mass is 238 g/mol. The van der Waals surface area contributed by atoms with Gasteiger partial charge in [-0.2, -0.15) is 0 Å². The third-order valence-electron chi connectivity index (χ3n) is 3.27. The summed E-state index contributed by atoms with van der Waals surface area (Å²) >= 11 is 0. The van der Waals surface area contributed by atoms with E-state index in [2.05, 4.69) is 6.92 Å². The molecular formula is C14H22O3. The Bertz CT molecular complexity index is 360. The lowest BCUT2D eigenvalue weighted by molar-refractivity contribution is 0.0214. The topological polar surface area (TPSA) is 60.7 Å². The van der Waals surface area contributed by atoms with E-state index < -0.39 is 12.2 Å². The molecule has 1 rings (SSSR count). The van der Waals surface area contributed by atoms with Crippen LogP contribution in [-0.4, -0.2) is 27.5 Å². The van der Waals surface area contributed by atoms with Gasteiger partial charge in [0.1, 0.15) is 5.75 Å². The van der Waals surface area contributed by atoms with E-state index in [0.29, 0.717) is 6.42 Å². The third-order valence-corrected chi connectivity index (χ3v) is 3.27. The molecule has 3 nitrogen and oxygen atoms in total. The molecule has 0 aliphatic rings. The Morgan fingerprint density at radius 1 is 1.24 bits per heavy atom. The summed E-state index contributed by atoms with van der Waals surface area (Å²) in [5.74, 6) is 0.470. The largest absolute Gasteiger partial charge is 0.508 e. The average Bonchev–Trinajstić information content (AvgIpc) is 2.26. The Morgan fingerprint density at radius 3 is 2.35 bits per heavy atom. The highest BCUT2D eigenvalue weighted by molar-refractivity contribution is 5.36. The van der Waals surface area contributed by atoms with E-state index in [1.807, 2.05) is 13.0 Å². The molecule has 1 aromatic rings. The molecule has 3 heteroatoms. The molecular weight excluding hydrogens is 216 g/mol. The summed E-state index contributed by atoms with van der Waals surface area (Å²) in [5.41, 5.74) is 2.15. The van der Waals surface area contributed by atoms with Crippen LogP contribution in [0.15, 0.2) is 18.2 Å². The predicted molar refractivity (Wildman–Crippen MR) is 68.2 cm³/mol. The molecule has 3 unspecified atom stereocenters. The number of aryl methyl sites for hydroxylation is 1. The number of aliphatic hydroxyl groups excluding tert-OH is 2. The van der Waals surface area contributed by atoms with Crippen molar-refractivity contribution in [2.45, 2.75) is 51.7 Å². The number of phenols is 1. The van der Waals surface area contributed by atoms with Crippen molar-refractivity contribution in [2.24, 2.45) is 0 Å². The highest BCUT2D eigenvalue weighted by Crippen LogP contribution is 2.30. The minimum atomic E-state index is -0.707. The van der Waals surface area contributed by atoms with Crippen LogP contribution in [0.4, 0.5) is 0 Å². The molecule has 0 bridgehead atoms. The standard InChI is InChI=1S/C14H22O3/c1-4-11(8-14(17)10(3)15)13-6-5-12(16)7-9(13)2/h5-7,10-11,14-17H,4,8H2,1-3H3. The van der Waals surface area contributed by atoms with E-state index in [0.717, 1.165) is 17.5 Å². The number of phenolic OH excluding ortho intramolecular Hbond substituents is 1. The number of aliphatic hydroxyl groups is 2. The lowest BCUT2D eigenvalue weighted by Gasteiger charge is -2.22. The number of hydrogen-bond donors (Lipinski definition) is 3. The van der Waals surface area contributed by atoms with Crippen molar-refractivity contribution in [1.29, 1.82) is 0 Å². The summed E-state index contributed by atoms with van der Waals surface area (Å²) in [6.07, 6.45) is 0.0319. The average molecular weight is 238 g/mol. The molecule has 0 heterocycles. The highest BCUT2D eigenvalue weighted by atomic mass is 16.3. The predicted octanol–water partition coefficient (Wildman–Crippen LogP) is 2.33. The van der Waals surface area contributed by atoms with Crippen molar-refractivity contribution in [3.63, 3.8) is 0 Å². The zero-order valence-corrected chi connectivity index (χ0v) is 10.7. The first-order chi connectivity index (χ1) is 7.95. The minimum absolute atomic E-state index is 0.209. The van der Waals surface area contributed by atoms with Crippen LogP contribution < -0.4 is 0 Å². The van der Waals surface area contributed by atoms with Crippen molar-refractivity contribution >= 4 is 0 Å². The van der Waals surface area contributed by atoms with Crippen LogP contribution in [0.1, 0.15) is 43.7 Å². The maximum Gasteiger partial charge on any atom is 0.115 e. The Hall–Kier alpha value is -1.06. The fourth-order valence-electron chi connectivity index (χ4n) is 2.12. The Labute approximate surface area is 103 Å². The number of hydrogen-bond acceptors (Lipinski definition) is 3. The molecule has 0 fully saturated rings. The Kier molecular flexibility index (Phi) is 4.97. The molecule has 0 saturated heterocycles. The molecule has 1 aromatic carbocycles. The van der Waals surface area contributed by atoms with E-state index in [9.17, 15) is 15.3 Å². The quantitative estimate of drug-likeness (QED) is 0.737. The first-order valence-electron chi connectivity index (χ1n) is 6.11. The highest BCUT2D eigenvalue weighted by Gasteiger charge is 2.19. The zero-order chi connectivity index (χ0) is 13.0. The van der Waals surface area contributed by atoms with E-state index in [1.54, 1.807) is 19.1 Å². The van der Waals surface area contributed by atoms with Crippen LogP contribution in [0, 0.1) is 6.92 Å². The van der Waals surface area contributed by atoms with Gasteiger partial charge in [0.2, 0.25) is 0 Å². The van der Waals surface area contributed by atoms with E-state index in [4.69, 9.17) is 0 Å². The van der Waals surface area contributed by atoms with Crippen molar-refractivity contribution < 1.29 is 15.3 Å². The first-order valence-corrected chi connectivity index (χ1v) is 6.11. The van der Waals surface area contributed by atoms with Crippen LogP contribution in [0.2, 0.25) is 0 Å². The molecule has 0 aromatic heterocycles. The summed E-state index contributed by atoms with van der Waals surface area (Å²) in [6, 6.07) is 5.29. The van der Waals surface area contributed by atoms with Crippen LogP contribution in [0.3, 0.4) is 0 Å². The van der Waals surface area contributed by atoms with Gasteiger partial charge in [-0.05, 0) is 55.9 Å². The third kappa shape index (κ3) is 3.72. The van der Waals surface area contributed by atoms with Crippen LogP contribution in [-0.2, 0) is 0 Å². The van der Waals surface area contributed by atoms with Crippen molar-refractivity contribution in [3.05, 3.63) is 29.3 Å². The van der Waals surface area contributed by atoms with Gasteiger partial charge in [0.25, 0.3) is 0 Å². The molecule has 0 aliphatic heterocycles. The summed E-state index contributed by atoms with van der Waals surface area (Å²) in [7, 11) is 0. The second-order valence-corrected chi connectivity index (χ2v) is 4.69. The Balaban J connectivity index is 2.86. The first kappa shape index (κ1) is 14.0. The molecule has 3 N–H and O–H groups in total. The summed E-state index contributed by atoms with van der Waals surface area (Å²) in [6.45, 7) is 5.61. The second-order valence-electron chi connectivity index (χ2n) is 4.69. The fraction of sp³-hybridized carbons (Fsp3) is 0.571. The van der Waals surface area contributed by atoms with Gasteiger partial charge in [-0.3, -0.25) is 0 Å². The van der Waals surface area contributed by atoms with Gasteiger partial charge in [0.05, 0.1) is 12.2 Å². The van der Waals surface area contributed by atoms with Crippen molar-refractivity contribution in [1.82, 2.24) is 0 Å². The van der Waals surface area contributed by atoms with E-state index in [1.165, 1.54) is 0 Å². The van der Waals surface area contributed by atoms with Gasteiger partial charge in [-0.25, -0.2) is 0 Å². The molecule has 0 spiro atoms. The molecule has 3 atom stereocenters. The molecule has 0 radical (unpaired) electrons. The normalized spacial score (nSPS) is 16.5. The smallest absolute Gasteiger partial charge is 0.115 e. The van der Waals surface area contributed by atoms with Gasteiger partial charge >= 0.3 is 0 Å². The number of benzene rings is 1. The summed E-state index contributed by atoms with van der Waals surface area (Å²) < 4.78 is 0.